The first-order valence-electron chi connectivity index (χ1n) is 12.9. The van der Waals surface area contributed by atoms with Crippen LogP contribution in [0.5, 0.6) is 17.2 Å². The molecule has 3 aromatic carbocycles. The van der Waals surface area contributed by atoms with Gasteiger partial charge in [-0.15, -0.1) is 0 Å². The molecule has 2 amide bonds. The van der Waals surface area contributed by atoms with Crippen molar-refractivity contribution in [2.45, 2.75) is 24.4 Å². The Balaban J connectivity index is 1.59. The summed E-state index contributed by atoms with van der Waals surface area (Å²) in [7, 11) is -2.56. The van der Waals surface area contributed by atoms with E-state index in [9.17, 15) is 18.0 Å². The summed E-state index contributed by atoms with van der Waals surface area (Å²) < 4.78 is 50.5. The summed E-state index contributed by atoms with van der Waals surface area (Å²) in [6, 6.07) is 18.5. The minimum Gasteiger partial charge on any atom is -0.497 e. The second kappa shape index (κ2) is 11.9. The molecule has 2 heterocycles. The fourth-order valence-electron chi connectivity index (χ4n) is 4.63. The number of methoxy groups -OCH3 is 1. The molecular formula is C29H29N3O8S. The lowest BCUT2D eigenvalue weighted by molar-refractivity contribution is -0.139. The maximum Gasteiger partial charge on any atom is 0.338 e. The van der Waals surface area contributed by atoms with Crippen molar-refractivity contribution in [3.8, 4) is 17.2 Å². The molecule has 3 aromatic rings. The molecule has 5 rings (SSSR count). The topological polar surface area (TPSA) is 132 Å². The molecule has 0 aliphatic carbocycles. The highest BCUT2D eigenvalue weighted by Gasteiger charge is 2.36. The van der Waals surface area contributed by atoms with Gasteiger partial charge in [-0.05, 0) is 54.4 Å². The number of hydrogen-bond donors (Lipinski definition) is 2. The predicted octanol–water partition coefficient (Wildman–Crippen LogP) is 3.49. The summed E-state index contributed by atoms with van der Waals surface area (Å²) in [4.78, 5) is 26.2. The molecule has 12 heteroatoms. The number of sulfonamides is 1. The highest BCUT2D eigenvalue weighted by molar-refractivity contribution is 7.89. The van der Waals surface area contributed by atoms with Crippen LogP contribution in [-0.4, -0.2) is 51.8 Å². The molecule has 0 radical (unpaired) electrons. The largest absolute Gasteiger partial charge is 0.497 e. The molecular weight excluding hydrogens is 550 g/mol. The Bertz CT molecular complexity index is 1570. The van der Waals surface area contributed by atoms with Crippen LogP contribution in [0.15, 0.2) is 89.0 Å². The van der Waals surface area contributed by atoms with Crippen LogP contribution in [0, 0.1) is 0 Å². The molecule has 11 nitrogen and oxygen atoms in total. The van der Waals surface area contributed by atoms with Gasteiger partial charge in [0.1, 0.15) is 5.75 Å². The van der Waals surface area contributed by atoms with E-state index in [2.05, 4.69) is 10.6 Å². The molecule has 0 unspecified atom stereocenters. The number of esters is 1. The average Bonchev–Trinajstić information content (AvgIpc) is 3.45. The minimum absolute atomic E-state index is 0.0611. The molecule has 214 valence electrons. The number of nitrogens with one attached hydrogen (secondary N) is 2. The van der Waals surface area contributed by atoms with Gasteiger partial charge in [0.05, 0.1) is 36.8 Å². The molecule has 0 spiro atoms. The number of nitrogens with zero attached hydrogens (tertiary/aromatic N) is 1. The smallest absolute Gasteiger partial charge is 0.338 e. The first kappa shape index (κ1) is 28.0. The van der Waals surface area contributed by atoms with Gasteiger partial charge in [-0.25, -0.2) is 18.0 Å². The number of hydrogen-bond acceptors (Lipinski definition) is 8. The van der Waals surface area contributed by atoms with E-state index < -0.39 is 28.1 Å². The highest BCUT2D eigenvalue weighted by atomic mass is 32.2. The van der Waals surface area contributed by atoms with Crippen LogP contribution < -0.4 is 24.8 Å². The van der Waals surface area contributed by atoms with Crippen molar-refractivity contribution in [2.24, 2.45) is 0 Å². The Morgan fingerprint density at radius 2 is 1.73 bits per heavy atom. The summed E-state index contributed by atoms with van der Waals surface area (Å²) in [5.41, 5.74) is 1.41. The average molecular weight is 580 g/mol. The quantitative estimate of drug-likeness (QED) is 0.349. The van der Waals surface area contributed by atoms with E-state index in [0.717, 1.165) is 0 Å². The highest BCUT2D eigenvalue weighted by Crippen LogP contribution is 2.34. The van der Waals surface area contributed by atoms with E-state index >= 15 is 0 Å². The Labute approximate surface area is 237 Å². The Morgan fingerprint density at radius 1 is 1.00 bits per heavy atom. The first-order chi connectivity index (χ1) is 19.8. The molecule has 41 heavy (non-hydrogen) atoms. The van der Waals surface area contributed by atoms with Crippen LogP contribution in [0.1, 0.15) is 24.1 Å². The summed E-state index contributed by atoms with van der Waals surface area (Å²) in [6.45, 7) is 1.43. The zero-order valence-corrected chi connectivity index (χ0v) is 23.3. The normalized spacial score (nSPS) is 16.3. The van der Waals surface area contributed by atoms with E-state index in [0.29, 0.717) is 28.4 Å². The fraction of sp³-hybridized carbons (Fsp3) is 0.241. The molecule has 0 saturated carbocycles. The standard InChI is InChI=1S/C29H29N3O8S/c1-3-38-28(33)26-23(30-29(34)31-27(26)20-10-12-21(37-2)13-11-20)17-32(41(35,36)22-7-5-4-6-8-22)16-19-9-14-24-25(15-19)40-18-39-24/h4-15,27H,3,16-18H2,1-2H3,(H2,30,31,34)/t27-/m1/s1. The summed E-state index contributed by atoms with van der Waals surface area (Å²) in [5, 5.41) is 5.43. The lowest BCUT2D eigenvalue weighted by Gasteiger charge is -2.32. The van der Waals surface area contributed by atoms with E-state index in [1.807, 2.05) is 0 Å². The van der Waals surface area contributed by atoms with Crippen molar-refractivity contribution in [3.63, 3.8) is 0 Å². The fourth-order valence-corrected chi connectivity index (χ4v) is 6.04. The van der Waals surface area contributed by atoms with E-state index in [-0.39, 0.29) is 42.7 Å². The first-order valence-corrected chi connectivity index (χ1v) is 14.3. The van der Waals surface area contributed by atoms with Gasteiger partial charge in [0, 0.05) is 12.2 Å². The molecule has 0 fully saturated rings. The Kier molecular flexibility index (Phi) is 8.13. The van der Waals surface area contributed by atoms with Crippen LogP contribution in [0.2, 0.25) is 0 Å². The number of carbonyl (C=O) groups is 2. The molecule has 2 aliphatic heterocycles. The third-order valence-electron chi connectivity index (χ3n) is 6.61. The number of ether oxygens (including phenoxy) is 4. The number of rotatable bonds is 10. The molecule has 0 bridgehead atoms. The second-order valence-corrected chi connectivity index (χ2v) is 11.1. The van der Waals surface area contributed by atoms with Crippen molar-refractivity contribution < 1.29 is 37.0 Å². The Hall–Kier alpha value is -4.55. The van der Waals surface area contributed by atoms with Crippen LogP contribution in [0.4, 0.5) is 4.79 Å². The second-order valence-electron chi connectivity index (χ2n) is 9.19. The van der Waals surface area contributed by atoms with Gasteiger partial charge in [-0.1, -0.05) is 36.4 Å². The molecule has 1 atom stereocenters. The van der Waals surface area contributed by atoms with Crippen molar-refractivity contribution in [1.29, 1.82) is 0 Å². The molecule has 0 saturated heterocycles. The number of fused-ring (bicyclic) bond motifs is 1. The van der Waals surface area contributed by atoms with Crippen molar-refractivity contribution in [2.75, 3.05) is 27.1 Å². The van der Waals surface area contributed by atoms with Gasteiger partial charge >= 0.3 is 12.0 Å². The maximum atomic E-state index is 13.9. The molecule has 2 N–H and O–H groups in total. The van der Waals surface area contributed by atoms with Crippen LogP contribution in [0.3, 0.4) is 0 Å². The van der Waals surface area contributed by atoms with E-state index in [1.54, 1.807) is 67.6 Å². The van der Waals surface area contributed by atoms with E-state index in [4.69, 9.17) is 18.9 Å². The zero-order valence-electron chi connectivity index (χ0n) is 22.5. The SMILES string of the molecule is CCOC(=O)C1=C(CN(Cc2ccc3c(c2)OCO3)S(=O)(=O)c2ccccc2)NC(=O)N[C@@H]1c1ccc(OC)cc1. The van der Waals surface area contributed by atoms with Gasteiger partial charge in [-0.3, -0.25) is 0 Å². The van der Waals surface area contributed by atoms with E-state index in [1.165, 1.54) is 23.5 Å². The van der Waals surface area contributed by atoms with Crippen LogP contribution in [0.25, 0.3) is 0 Å². The lowest BCUT2D eigenvalue weighted by Crippen LogP contribution is -2.49. The maximum absolute atomic E-state index is 13.9. The zero-order chi connectivity index (χ0) is 29.0. The molecule has 0 aromatic heterocycles. The van der Waals surface area contributed by atoms with Crippen molar-refractivity contribution in [1.82, 2.24) is 14.9 Å². The summed E-state index contributed by atoms with van der Waals surface area (Å²) in [5.74, 6) is 0.975. The van der Waals surface area contributed by atoms with Gasteiger partial charge in [0.25, 0.3) is 0 Å². The Morgan fingerprint density at radius 3 is 2.44 bits per heavy atom. The van der Waals surface area contributed by atoms with Crippen molar-refractivity contribution in [3.05, 3.63) is 95.2 Å². The van der Waals surface area contributed by atoms with Gasteiger partial charge < -0.3 is 29.6 Å². The minimum atomic E-state index is -4.10. The van der Waals surface area contributed by atoms with Gasteiger partial charge in [0.2, 0.25) is 16.8 Å². The third-order valence-corrected chi connectivity index (χ3v) is 8.42. The van der Waals surface area contributed by atoms with Gasteiger partial charge in [-0.2, -0.15) is 4.31 Å². The number of amides is 2. The number of urea groups is 1. The van der Waals surface area contributed by atoms with Gasteiger partial charge in [0.15, 0.2) is 11.5 Å². The third kappa shape index (κ3) is 5.98. The summed E-state index contributed by atoms with van der Waals surface area (Å²) >= 11 is 0. The number of carbonyl (C=O) groups excluding carboxylic acids is 2. The monoisotopic (exact) mass is 579 g/mol. The molecule has 2 aliphatic rings. The number of benzene rings is 3. The summed E-state index contributed by atoms with van der Waals surface area (Å²) in [6.07, 6.45) is 0. The van der Waals surface area contributed by atoms with Crippen molar-refractivity contribution >= 4 is 22.0 Å². The lowest BCUT2D eigenvalue weighted by atomic mass is 9.95. The van der Waals surface area contributed by atoms with Crippen LogP contribution in [-0.2, 0) is 26.1 Å². The van der Waals surface area contributed by atoms with Crippen LogP contribution >= 0.6 is 0 Å². The predicted molar refractivity (Wildman–Crippen MR) is 148 cm³/mol.